The molecular formula is C13H16ClNOS. The summed E-state index contributed by atoms with van der Waals surface area (Å²) in [5.41, 5.74) is 1.36. The first-order valence-corrected chi connectivity index (χ1v) is 7.11. The Kier molecular flexibility index (Phi) is 4.88. The van der Waals surface area contributed by atoms with Gasteiger partial charge in [-0.05, 0) is 36.5 Å². The fourth-order valence-electron chi connectivity index (χ4n) is 1.66. The summed E-state index contributed by atoms with van der Waals surface area (Å²) in [6.07, 6.45) is 0. The summed E-state index contributed by atoms with van der Waals surface area (Å²) < 4.78 is 12.0. The van der Waals surface area contributed by atoms with Gasteiger partial charge < -0.3 is 4.55 Å². The maximum atomic E-state index is 12.0. The number of hydrogen-bond donors (Lipinski definition) is 0. The van der Waals surface area contributed by atoms with E-state index >= 15 is 0 Å². The van der Waals surface area contributed by atoms with Crippen LogP contribution in [0.4, 0.5) is 0 Å². The Labute approximate surface area is 111 Å². The molecule has 0 aliphatic rings. The fraction of sp³-hybridized carbons (Fsp3) is 0.462. The lowest BCUT2D eigenvalue weighted by molar-refractivity contribution is 0.586. The molecular weight excluding hydrogens is 254 g/mol. The lowest BCUT2D eigenvalue weighted by Crippen LogP contribution is -2.14. The molecule has 0 heterocycles. The first-order chi connectivity index (χ1) is 7.88. The molecule has 0 fully saturated rings. The molecule has 0 bridgehead atoms. The van der Waals surface area contributed by atoms with Crippen molar-refractivity contribution in [3.05, 3.63) is 28.3 Å². The van der Waals surface area contributed by atoms with E-state index in [4.69, 9.17) is 16.9 Å². The molecule has 17 heavy (non-hydrogen) atoms. The smallest absolute Gasteiger partial charge is 0.155 e. The Hall–Kier alpha value is -0.690. The van der Waals surface area contributed by atoms with Gasteiger partial charge in [0.25, 0.3) is 0 Å². The van der Waals surface area contributed by atoms with Crippen LogP contribution in [0, 0.1) is 11.3 Å². The van der Waals surface area contributed by atoms with Crippen molar-refractivity contribution < 1.29 is 4.55 Å². The molecule has 0 saturated carbocycles. The van der Waals surface area contributed by atoms with Gasteiger partial charge in [0.05, 0.1) is 16.7 Å². The summed E-state index contributed by atoms with van der Waals surface area (Å²) in [4.78, 5) is 0.631. The molecule has 1 rings (SSSR count). The van der Waals surface area contributed by atoms with Crippen molar-refractivity contribution >= 4 is 22.8 Å². The predicted octanol–water partition coefficient (Wildman–Crippen LogP) is 3.85. The summed E-state index contributed by atoms with van der Waals surface area (Å²) in [5.74, 6) is 0.179. The Morgan fingerprint density at radius 3 is 2.29 bits per heavy atom. The van der Waals surface area contributed by atoms with Gasteiger partial charge in [-0.3, -0.25) is 0 Å². The molecule has 2 nitrogen and oxygen atoms in total. The van der Waals surface area contributed by atoms with Crippen LogP contribution in [-0.4, -0.2) is 9.80 Å². The van der Waals surface area contributed by atoms with Gasteiger partial charge in [-0.1, -0.05) is 25.4 Å². The van der Waals surface area contributed by atoms with E-state index in [1.807, 2.05) is 27.7 Å². The highest BCUT2D eigenvalue weighted by molar-refractivity contribution is 7.92. The Bertz CT molecular complexity index is 451. The quantitative estimate of drug-likeness (QED) is 0.783. The molecule has 4 heteroatoms. The average molecular weight is 270 g/mol. The van der Waals surface area contributed by atoms with Gasteiger partial charge in [0.1, 0.15) is 5.25 Å². The van der Waals surface area contributed by atoms with Crippen LogP contribution in [0.3, 0.4) is 0 Å². The first-order valence-electron chi connectivity index (χ1n) is 5.52. The molecule has 1 aromatic carbocycles. The largest absolute Gasteiger partial charge is 0.611 e. The minimum atomic E-state index is -1.11. The second-order valence-corrected chi connectivity index (χ2v) is 6.90. The summed E-state index contributed by atoms with van der Waals surface area (Å²) in [7, 11) is 0. The van der Waals surface area contributed by atoms with Crippen molar-refractivity contribution in [2.75, 3.05) is 0 Å². The molecule has 1 aromatic rings. The summed E-state index contributed by atoms with van der Waals surface area (Å²) in [6, 6.07) is 5.54. The van der Waals surface area contributed by atoms with Crippen molar-refractivity contribution in [1.82, 2.24) is 0 Å². The van der Waals surface area contributed by atoms with E-state index in [-0.39, 0.29) is 11.2 Å². The third-order valence-corrected chi connectivity index (χ3v) is 4.33. The van der Waals surface area contributed by atoms with Gasteiger partial charge in [-0.25, -0.2) is 0 Å². The Morgan fingerprint density at radius 1 is 1.29 bits per heavy atom. The standard InChI is InChI=1S/C13H16ClNOS/c1-8(2)13-10(7-15)5-11(6-12(13)14)17(16)9(3)4/h5-6,8-9H,1-4H3. The molecule has 0 spiro atoms. The Balaban J connectivity index is 3.33. The van der Waals surface area contributed by atoms with Crippen molar-refractivity contribution in [2.45, 2.75) is 43.8 Å². The molecule has 0 aliphatic carbocycles. The van der Waals surface area contributed by atoms with E-state index in [0.29, 0.717) is 15.5 Å². The van der Waals surface area contributed by atoms with Gasteiger partial charge in [0, 0.05) is 12.1 Å². The number of benzene rings is 1. The van der Waals surface area contributed by atoms with E-state index in [1.54, 1.807) is 12.1 Å². The van der Waals surface area contributed by atoms with Crippen LogP contribution < -0.4 is 0 Å². The van der Waals surface area contributed by atoms with Crippen LogP contribution in [0.5, 0.6) is 0 Å². The third-order valence-electron chi connectivity index (χ3n) is 2.46. The molecule has 0 saturated heterocycles. The molecule has 0 radical (unpaired) electrons. The Morgan fingerprint density at radius 2 is 1.88 bits per heavy atom. The van der Waals surface area contributed by atoms with Crippen molar-refractivity contribution in [3.63, 3.8) is 0 Å². The van der Waals surface area contributed by atoms with Crippen molar-refractivity contribution in [2.24, 2.45) is 0 Å². The van der Waals surface area contributed by atoms with Gasteiger partial charge in [-0.15, -0.1) is 0 Å². The van der Waals surface area contributed by atoms with E-state index in [9.17, 15) is 4.55 Å². The molecule has 1 unspecified atom stereocenters. The van der Waals surface area contributed by atoms with Gasteiger partial charge in [0.2, 0.25) is 0 Å². The van der Waals surface area contributed by atoms with Crippen LogP contribution in [0.25, 0.3) is 0 Å². The molecule has 1 atom stereocenters. The minimum absolute atomic E-state index is 0.0162. The zero-order chi connectivity index (χ0) is 13.2. The predicted molar refractivity (Wildman–Crippen MR) is 71.8 cm³/mol. The molecule has 0 N–H and O–H groups in total. The molecule has 0 aliphatic heterocycles. The number of halogens is 1. The van der Waals surface area contributed by atoms with Crippen LogP contribution in [0.2, 0.25) is 5.02 Å². The highest BCUT2D eigenvalue weighted by Crippen LogP contribution is 2.31. The highest BCUT2D eigenvalue weighted by atomic mass is 35.5. The van der Waals surface area contributed by atoms with E-state index in [0.717, 1.165) is 5.56 Å². The molecule has 92 valence electrons. The highest BCUT2D eigenvalue weighted by Gasteiger charge is 2.20. The minimum Gasteiger partial charge on any atom is -0.611 e. The van der Waals surface area contributed by atoms with Gasteiger partial charge in [0.15, 0.2) is 4.90 Å². The zero-order valence-electron chi connectivity index (χ0n) is 10.5. The number of hydrogen-bond acceptors (Lipinski definition) is 2. The average Bonchev–Trinajstić information content (AvgIpc) is 2.25. The van der Waals surface area contributed by atoms with Crippen LogP contribution in [-0.2, 0) is 11.2 Å². The zero-order valence-corrected chi connectivity index (χ0v) is 12.0. The summed E-state index contributed by atoms with van der Waals surface area (Å²) in [5, 5.41) is 9.68. The number of rotatable bonds is 3. The summed E-state index contributed by atoms with van der Waals surface area (Å²) in [6.45, 7) is 7.74. The lowest BCUT2D eigenvalue weighted by atomic mass is 9.98. The summed E-state index contributed by atoms with van der Waals surface area (Å²) >= 11 is 5.06. The van der Waals surface area contributed by atoms with E-state index in [2.05, 4.69) is 6.07 Å². The van der Waals surface area contributed by atoms with Gasteiger partial charge in [-0.2, -0.15) is 5.26 Å². The van der Waals surface area contributed by atoms with E-state index in [1.165, 1.54) is 0 Å². The monoisotopic (exact) mass is 269 g/mol. The first kappa shape index (κ1) is 14.4. The van der Waals surface area contributed by atoms with Crippen LogP contribution in [0.15, 0.2) is 17.0 Å². The molecule has 0 amide bonds. The maximum absolute atomic E-state index is 12.0. The van der Waals surface area contributed by atoms with E-state index < -0.39 is 11.2 Å². The molecule has 0 aromatic heterocycles. The third kappa shape index (κ3) is 3.16. The lowest BCUT2D eigenvalue weighted by Gasteiger charge is -2.17. The SMILES string of the molecule is CC(C)c1c(Cl)cc([S+]([O-])C(C)C)cc1C#N. The normalized spacial score (nSPS) is 12.9. The maximum Gasteiger partial charge on any atom is 0.155 e. The van der Waals surface area contributed by atoms with Crippen molar-refractivity contribution in [3.8, 4) is 6.07 Å². The number of nitrogens with zero attached hydrogens (tertiary/aromatic N) is 1. The van der Waals surface area contributed by atoms with Crippen molar-refractivity contribution in [1.29, 1.82) is 5.26 Å². The second-order valence-electron chi connectivity index (χ2n) is 4.48. The fourth-order valence-corrected chi connectivity index (χ4v) is 3.18. The van der Waals surface area contributed by atoms with Crippen LogP contribution in [0.1, 0.15) is 44.7 Å². The van der Waals surface area contributed by atoms with Crippen LogP contribution >= 0.6 is 11.6 Å². The second kappa shape index (κ2) is 5.77. The van der Waals surface area contributed by atoms with Gasteiger partial charge >= 0.3 is 0 Å². The topological polar surface area (TPSA) is 46.8 Å². The number of nitriles is 1.